The zero-order valence-corrected chi connectivity index (χ0v) is 6.68. The van der Waals surface area contributed by atoms with Gasteiger partial charge in [0.2, 0.25) is 0 Å². The maximum absolute atomic E-state index is 2.48. The Hall–Kier alpha value is 0.690. The molecule has 0 unspecified atom stereocenters. The van der Waals surface area contributed by atoms with Gasteiger partial charge in [0, 0.05) is 0 Å². The predicted molar refractivity (Wildman–Crippen MR) is 39.7 cm³/mol. The smallest absolute Gasteiger partial charge is 0.0616 e. The molecule has 1 nitrogen and oxygen atoms in total. The highest BCUT2D eigenvalue weighted by molar-refractivity contribution is 14.1. The lowest BCUT2D eigenvalue weighted by Crippen LogP contribution is -2.17. The molecule has 42 valence electrons. The van der Waals surface area contributed by atoms with Crippen LogP contribution in [-0.2, 0) is 0 Å². The van der Waals surface area contributed by atoms with Crippen LogP contribution < -0.4 is 0 Å². The van der Waals surface area contributed by atoms with E-state index in [1.54, 1.807) is 0 Å². The summed E-state index contributed by atoms with van der Waals surface area (Å²) in [6.07, 6.45) is 2.78. The predicted octanol–water partition coefficient (Wildman–Crippen LogP) is 1.47. The van der Waals surface area contributed by atoms with Gasteiger partial charge in [-0.1, -0.05) is 22.6 Å². The first-order chi connectivity index (χ1) is 3.30. The third-order valence-corrected chi connectivity index (χ3v) is 3.01. The van der Waals surface area contributed by atoms with Crippen LogP contribution in [0.2, 0.25) is 0 Å². The Bertz CT molecular complexity index is 57.1. The standard InChI is InChI=1S/C5H10IN/c1-7-4-2-3-5(7)6/h5H,2-4H2,1H3/t5-/m1/s1. The molecular weight excluding hydrogens is 201 g/mol. The van der Waals surface area contributed by atoms with E-state index in [2.05, 4.69) is 34.5 Å². The quantitative estimate of drug-likeness (QED) is 0.333. The van der Waals surface area contributed by atoms with Gasteiger partial charge in [0.15, 0.2) is 0 Å². The first-order valence-corrected chi connectivity index (χ1v) is 3.89. The summed E-state index contributed by atoms with van der Waals surface area (Å²) in [5.41, 5.74) is 0. The van der Waals surface area contributed by atoms with E-state index in [4.69, 9.17) is 0 Å². The number of likely N-dealkylation sites (tertiary alicyclic amines) is 1. The van der Waals surface area contributed by atoms with Gasteiger partial charge >= 0.3 is 0 Å². The topological polar surface area (TPSA) is 3.24 Å². The maximum atomic E-state index is 2.48. The molecule has 1 heterocycles. The zero-order chi connectivity index (χ0) is 5.28. The van der Waals surface area contributed by atoms with Crippen LogP contribution in [0.3, 0.4) is 0 Å². The van der Waals surface area contributed by atoms with Crippen molar-refractivity contribution in [2.75, 3.05) is 13.6 Å². The Balaban J connectivity index is 2.33. The highest BCUT2D eigenvalue weighted by atomic mass is 127. The number of hydrogen-bond donors (Lipinski definition) is 0. The largest absolute Gasteiger partial charge is 0.295 e. The van der Waals surface area contributed by atoms with Gasteiger partial charge in [-0.25, -0.2) is 0 Å². The summed E-state index contributed by atoms with van der Waals surface area (Å²) in [5, 5.41) is 0. The van der Waals surface area contributed by atoms with E-state index >= 15 is 0 Å². The van der Waals surface area contributed by atoms with E-state index in [0.29, 0.717) is 0 Å². The van der Waals surface area contributed by atoms with E-state index < -0.39 is 0 Å². The van der Waals surface area contributed by atoms with Crippen molar-refractivity contribution in [1.29, 1.82) is 0 Å². The van der Waals surface area contributed by atoms with E-state index in [9.17, 15) is 0 Å². The Morgan fingerprint density at radius 1 is 1.71 bits per heavy atom. The van der Waals surface area contributed by atoms with E-state index in [0.717, 1.165) is 4.05 Å². The molecule has 0 saturated carbocycles. The molecule has 1 fully saturated rings. The molecule has 0 bridgehead atoms. The van der Waals surface area contributed by atoms with Gasteiger partial charge in [0.1, 0.15) is 0 Å². The summed E-state index contributed by atoms with van der Waals surface area (Å²) in [7, 11) is 2.18. The molecule has 1 aliphatic heterocycles. The average Bonchev–Trinajstić information content (AvgIpc) is 1.91. The number of rotatable bonds is 0. The van der Waals surface area contributed by atoms with Crippen molar-refractivity contribution in [2.24, 2.45) is 0 Å². The Kier molecular flexibility index (Phi) is 1.92. The summed E-state index contributed by atoms with van der Waals surface area (Å²) in [6, 6.07) is 0. The third-order valence-electron chi connectivity index (χ3n) is 1.43. The van der Waals surface area contributed by atoms with Crippen molar-refractivity contribution >= 4 is 22.6 Å². The number of nitrogens with zero attached hydrogens (tertiary/aromatic N) is 1. The van der Waals surface area contributed by atoms with Crippen LogP contribution in [0.4, 0.5) is 0 Å². The molecule has 1 atom stereocenters. The lowest BCUT2D eigenvalue weighted by atomic mass is 10.4. The molecule has 0 amide bonds. The monoisotopic (exact) mass is 211 g/mol. The summed E-state index contributed by atoms with van der Waals surface area (Å²) in [4.78, 5) is 2.39. The van der Waals surface area contributed by atoms with Gasteiger partial charge in [-0.3, -0.25) is 4.90 Å². The second-order valence-corrected chi connectivity index (χ2v) is 3.50. The molecule has 0 aromatic heterocycles. The normalized spacial score (nSPS) is 34.3. The summed E-state index contributed by atoms with van der Waals surface area (Å²) < 4.78 is 0.817. The lowest BCUT2D eigenvalue weighted by Gasteiger charge is -2.10. The maximum Gasteiger partial charge on any atom is 0.0616 e. The van der Waals surface area contributed by atoms with E-state index in [1.807, 2.05) is 0 Å². The molecular formula is C5H10IN. The summed E-state index contributed by atoms with van der Waals surface area (Å²) >= 11 is 2.48. The van der Waals surface area contributed by atoms with Crippen LogP contribution in [0.15, 0.2) is 0 Å². The van der Waals surface area contributed by atoms with Crippen molar-refractivity contribution in [1.82, 2.24) is 4.90 Å². The second kappa shape index (κ2) is 2.31. The second-order valence-electron chi connectivity index (χ2n) is 2.06. The van der Waals surface area contributed by atoms with Gasteiger partial charge in [-0.2, -0.15) is 0 Å². The zero-order valence-electron chi connectivity index (χ0n) is 4.52. The van der Waals surface area contributed by atoms with Gasteiger partial charge in [0.25, 0.3) is 0 Å². The minimum absolute atomic E-state index is 0.817. The van der Waals surface area contributed by atoms with Crippen molar-refractivity contribution in [2.45, 2.75) is 16.9 Å². The first kappa shape index (κ1) is 5.82. The molecule has 7 heavy (non-hydrogen) atoms. The van der Waals surface area contributed by atoms with Gasteiger partial charge in [-0.05, 0) is 26.4 Å². The number of halogens is 1. The Morgan fingerprint density at radius 3 is 2.57 bits per heavy atom. The van der Waals surface area contributed by atoms with Crippen LogP contribution in [0, 0.1) is 0 Å². The van der Waals surface area contributed by atoms with Crippen LogP contribution in [0.25, 0.3) is 0 Å². The van der Waals surface area contributed by atoms with Gasteiger partial charge in [0.05, 0.1) is 4.05 Å². The van der Waals surface area contributed by atoms with Crippen molar-refractivity contribution in [3.8, 4) is 0 Å². The minimum Gasteiger partial charge on any atom is -0.295 e. The van der Waals surface area contributed by atoms with Crippen LogP contribution in [0.1, 0.15) is 12.8 Å². The van der Waals surface area contributed by atoms with Gasteiger partial charge < -0.3 is 0 Å². The van der Waals surface area contributed by atoms with Gasteiger partial charge in [-0.15, -0.1) is 0 Å². The lowest BCUT2D eigenvalue weighted by molar-refractivity contribution is 0.403. The number of hydrogen-bond acceptors (Lipinski definition) is 1. The summed E-state index contributed by atoms with van der Waals surface area (Å²) in [6.45, 7) is 1.30. The van der Waals surface area contributed by atoms with Crippen molar-refractivity contribution < 1.29 is 0 Å². The minimum atomic E-state index is 0.817. The first-order valence-electron chi connectivity index (χ1n) is 2.65. The van der Waals surface area contributed by atoms with Crippen LogP contribution in [0.5, 0.6) is 0 Å². The molecule has 1 saturated heterocycles. The Labute approximate surface area is 58.2 Å². The fourth-order valence-corrected chi connectivity index (χ4v) is 1.59. The average molecular weight is 211 g/mol. The molecule has 1 aliphatic rings. The SMILES string of the molecule is CN1CCC[C@@H]1I. The highest BCUT2D eigenvalue weighted by Crippen LogP contribution is 2.19. The number of alkyl halides is 1. The fourth-order valence-electron chi connectivity index (χ4n) is 0.870. The molecule has 0 N–H and O–H groups in total. The molecule has 1 rings (SSSR count). The van der Waals surface area contributed by atoms with E-state index in [-0.39, 0.29) is 0 Å². The van der Waals surface area contributed by atoms with Crippen LogP contribution >= 0.6 is 22.6 Å². The van der Waals surface area contributed by atoms with Crippen LogP contribution in [-0.4, -0.2) is 22.5 Å². The van der Waals surface area contributed by atoms with Crippen molar-refractivity contribution in [3.05, 3.63) is 0 Å². The Morgan fingerprint density at radius 2 is 2.43 bits per heavy atom. The summed E-state index contributed by atoms with van der Waals surface area (Å²) in [5.74, 6) is 0. The molecule has 0 aliphatic carbocycles. The molecule has 0 spiro atoms. The third kappa shape index (κ3) is 1.29. The highest BCUT2D eigenvalue weighted by Gasteiger charge is 2.15. The van der Waals surface area contributed by atoms with E-state index in [1.165, 1.54) is 19.4 Å². The van der Waals surface area contributed by atoms with Crippen molar-refractivity contribution in [3.63, 3.8) is 0 Å². The molecule has 0 aromatic carbocycles. The molecule has 2 heteroatoms. The molecule has 0 radical (unpaired) electrons. The molecule has 0 aromatic rings. The fraction of sp³-hybridized carbons (Fsp3) is 1.00.